The third-order valence-corrected chi connectivity index (χ3v) is 3.67. The molecule has 0 fully saturated rings. The molecule has 0 aliphatic rings. The standard InChI is InChI=1S/C15H28N4S/c1-4-9-16-14-12-15(19-13(5-2)18-14)17-10-7-6-8-11-20-3/h12H,4-11H2,1-3H3,(H2,16,17,18,19). The molecule has 0 radical (unpaired) electrons. The van der Waals surface area contributed by atoms with E-state index in [0.717, 1.165) is 43.4 Å². The van der Waals surface area contributed by atoms with Crippen LogP contribution in [-0.4, -0.2) is 35.1 Å². The van der Waals surface area contributed by atoms with E-state index < -0.39 is 0 Å². The van der Waals surface area contributed by atoms with Crippen LogP contribution in [0.4, 0.5) is 11.6 Å². The van der Waals surface area contributed by atoms with E-state index in [1.54, 1.807) is 0 Å². The number of nitrogens with one attached hydrogen (secondary N) is 2. The zero-order chi connectivity index (χ0) is 14.6. The highest BCUT2D eigenvalue weighted by Gasteiger charge is 2.02. The number of aromatic nitrogens is 2. The van der Waals surface area contributed by atoms with Crippen LogP contribution in [0.15, 0.2) is 6.07 Å². The van der Waals surface area contributed by atoms with E-state index in [0.29, 0.717) is 0 Å². The molecule has 0 saturated heterocycles. The smallest absolute Gasteiger partial charge is 0.132 e. The van der Waals surface area contributed by atoms with E-state index in [1.165, 1.54) is 25.0 Å². The third-order valence-electron chi connectivity index (χ3n) is 2.98. The molecule has 0 atom stereocenters. The molecule has 0 unspecified atom stereocenters. The maximum atomic E-state index is 4.53. The molecule has 0 aromatic carbocycles. The van der Waals surface area contributed by atoms with Crippen molar-refractivity contribution in [1.29, 1.82) is 0 Å². The third kappa shape index (κ3) is 6.98. The zero-order valence-corrected chi connectivity index (χ0v) is 13.9. The summed E-state index contributed by atoms with van der Waals surface area (Å²) < 4.78 is 0. The normalized spacial score (nSPS) is 10.6. The minimum atomic E-state index is 0.865. The second-order valence-corrected chi connectivity index (χ2v) is 5.80. The lowest BCUT2D eigenvalue weighted by Crippen LogP contribution is -2.09. The molecular weight excluding hydrogens is 268 g/mol. The molecule has 0 aliphatic heterocycles. The maximum Gasteiger partial charge on any atom is 0.132 e. The first-order valence-corrected chi connectivity index (χ1v) is 9.04. The highest BCUT2D eigenvalue weighted by molar-refractivity contribution is 7.98. The van der Waals surface area contributed by atoms with Gasteiger partial charge in [0.2, 0.25) is 0 Å². The average Bonchev–Trinajstić information content (AvgIpc) is 2.48. The van der Waals surface area contributed by atoms with Crippen molar-refractivity contribution in [3.8, 4) is 0 Å². The largest absolute Gasteiger partial charge is 0.370 e. The second kappa shape index (κ2) is 10.8. The predicted octanol–water partition coefficient (Wildman–Crippen LogP) is 3.81. The fourth-order valence-corrected chi connectivity index (χ4v) is 2.35. The van der Waals surface area contributed by atoms with Crippen molar-refractivity contribution in [1.82, 2.24) is 9.97 Å². The number of hydrogen-bond donors (Lipinski definition) is 2. The molecule has 0 spiro atoms. The van der Waals surface area contributed by atoms with Crippen molar-refractivity contribution in [2.45, 2.75) is 46.0 Å². The van der Waals surface area contributed by atoms with Crippen molar-refractivity contribution in [2.24, 2.45) is 0 Å². The first kappa shape index (κ1) is 17.1. The zero-order valence-electron chi connectivity index (χ0n) is 13.0. The quantitative estimate of drug-likeness (QED) is 0.608. The van der Waals surface area contributed by atoms with E-state index in [-0.39, 0.29) is 0 Å². The summed E-state index contributed by atoms with van der Waals surface area (Å²) in [7, 11) is 0. The Bertz CT molecular complexity index is 371. The lowest BCUT2D eigenvalue weighted by molar-refractivity contribution is 0.747. The van der Waals surface area contributed by atoms with Gasteiger partial charge in [0.05, 0.1) is 0 Å². The van der Waals surface area contributed by atoms with Gasteiger partial charge in [0.15, 0.2) is 0 Å². The van der Waals surface area contributed by atoms with Crippen LogP contribution in [0.1, 0.15) is 45.4 Å². The summed E-state index contributed by atoms with van der Waals surface area (Å²) in [5, 5.41) is 6.75. The molecular formula is C15H28N4S. The van der Waals surface area contributed by atoms with Crippen LogP contribution in [-0.2, 0) is 6.42 Å². The Hall–Kier alpha value is -0.970. The number of aryl methyl sites for hydroxylation is 1. The number of rotatable bonds is 11. The molecule has 0 amide bonds. The fraction of sp³-hybridized carbons (Fsp3) is 0.733. The van der Waals surface area contributed by atoms with Gasteiger partial charge in [-0.25, -0.2) is 9.97 Å². The molecule has 1 aromatic rings. The Kier molecular flexibility index (Phi) is 9.20. The minimum absolute atomic E-state index is 0.865. The Balaban J connectivity index is 2.42. The molecule has 4 nitrogen and oxygen atoms in total. The van der Waals surface area contributed by atoms with Gasteiger partial charge in [0.25, 0.3) is 0 Å². The van der Waals surface area contributed by atoms with Crippen molar-refractivity contribution in [2.75, 3.05) is 35.7 Å². The first-order valence-electron chi connectivity index (χ1n) is 7.64. The summed E-state index contributed by atoms with van der Waals surface area (Å²) >= 11 is 1.92. The van der Waals surface area contributed by atoms with Crippen LogP contribution in [0.2, 0.25) is 0 Å². The van der Waals surface area contributed by atoms with Gasteiger partial charge in [-0.05, 0) is 31.3 Å². The molecule has 20 heavy (non-hydrogen) atoms. The summed E-state index contributed by atoms with van der Waals surface area (Å²) in [5.41, 5.74) is 0. The molecule has 2 N–H and O–H groups in total. The summed E-state index contributed by atoms with van der Waals surface area (Å²) in [6.45, 7) is 6.18. The molecule has 5 heteroatoms. The molecule has 1 aromatic heterocycles. The number of nitrogens with zero attached hydrogens (tertiary/aromatic N) is 2. The summed E-state index contributed by atoms with van der Waals surface area (Å²) in [6, 6.07) is 2.01. The van der Waals surface area contributed by atoms with Gasteiger partial charge >= 0.3 is 0 Å². The summed E-state index contributed by atoms with van der Waals surface area (Å²) in [6.07, 6.45) is 7.91. The molecule has 114 valence electrons. The average molecular weight is 296 g/mol. The Labute approximate surface area is 127 Å². The van der Waals surface area contributed by atoms with E-state index >= 15 is 0 Å². The Morgan fingerprint density at radius 3 is 2.30 bits per heavy atom. The Morgan fingerprint density at radius 1 is 1.00 bits per heavy atom. The van der Waals surface area contributed by atoms with Crippen molar-refractivity contribution in [3.05, 3.63) is 11.9 Å². The van der Waals surface area contributed by atoms with E-state index in [9.17, 15) is 0 Å². The van der Waals surface area contributed by atoms with Crippen molar-refractivity contribution >= 4 is 23.4 Å². The molecule has 0 saturated carbocycles. The fourth-order valence-electron chi connectivity index (χ4n) is 1.85. The number of anilines is 2. The second-order valence-electron chi connectivity index (χ2n) is 4.82. The first-order chi connectivity index (χ1) is 9.80. The summed E-state index contributed by atoms with van der Waals surface area (Å²) in [4.78, 5) is 9.02. The van der Waals surface area contributed by atoms with Crippen LogP contribution < -0.4 is 10.6 Å². The van der Waals surface area contributed by atoms with Gasteiger partial charge < -0.3 is 10.6 Å². The van der Waals surface area contributed by atoms with Crippen molar-refractivity contribution < 1.29 is 0 Å². The maximum absolute atomic E-state index is 4.53. The Morgan fingerprint density at radius 2 is 1.70 bits per heavy atom. The van der Waals surface area contributed by atoms with Crippen LogP contribution in [0.3, 0.4) is 0 Å². The van der Waals surface area contributed by atoms with E-state index in [2.05, 4.69) is 40.7 Å². The topological polar surface area (TPSA) is 49.8 Å². The van der Waals surface area contributed by atoms with Crippen LogP contribution >= 0.6 is 11.8 Å². The lowest BCUT2D eigenvalue weighted by atomic mass is 10.2. The van der Waals surface area contributed by atoms with E-state index in [1.807, 2.05) is 17.8 Å². The van der Waals surface area contributed by atoms with Gasteiger partial charge in [0, 0.05) is 25.6 Å². The summed E-state index contributed by atoms with van der Waals surface area (Å²) in [5.74, 6) is 4.04. The number of thioether (sulfide) groups is 1. The van der Waals surface area contributed by atoms with Crippen LogP contribution in [0.25, 0.3) is 0 Å². The van der Waals surface area contributed by atoms with Gasteiger partial charge in [-0.3, -0.25) is 0 Å². The van der Waals surface area contributed by atoms with Gasteiger partial charge in [-0.15, -0.1) is 0 Å². The number of hydrogen-bond acceptors (Lipinski definition) is 5. The van der Waals surface area contributed by atoms with Crippen molar-refractivity contribution in [3.63, 3.8) is 0 Å². The van der Waals surface area contributed by atoms with E-state index in [4.69, 9.17) is 0 Å². The van der Waals surface area contributed by atoms with Gasteiger partial charge in [-0.2, -0.15) is 11.8 Å². The molecule has 0 bridgehead atoms. The predicted molar refractivity (Wildman–Crippen MR) is 90.9 cm³/mol. The number of unbranched alkanes of at least 4 members (excludes halogenated alkanes) is 2. The SMILES string of the molecule is CCCNc1cc(NCCCCCSC)nc(CC)n1. The molecule has 1 heterocycles. The molecule has 0 aliphatic carbocycles. The highest BCUT2D eigenvalue weighted by atomic mass is 32.2. The monoisotopic (exact) mass is 296 g/mol. The van der Waals surface area contributed by atoms with Gasteiger partial charge in [-0.1, -0.05) is 20.3 Å². The highest BCUT2D eigenvalue weighted by Crippen LogP contribution is 2.12. The van der Waals surface area contributed by atoms with Crippen LogP contribution in [0.5, 0.6) is 0 Å². The minimum Gasteiger partial charge on any atom is -0.370 e. The lowest BCUT2D eigenvalue weighted by Gasteiger charge is -2.10. The van der Waals surface area contributed by atoms with Gasteiger partial charge in [0.1, 0.15) is 17.5 Å². The van der Waals surface area contributed by atoms with Crippen LogP contribution in [0, 0.1) is 0 Å². The molecule has 1 rings (SSSR count).